The van der Waals surface area contributed by atoms with E-state index in [0.717, 1.165) is 16.6 Å². The number of nitrogens with one attached hydrogen (secondary N) is 1. The van der Waals surface area contributed by atoms with E-state index in [9.17, 15) is 9.59 Å². The summed E-state index contributed by atoms with van der Waals surface area (Å²) in [6.07, 6.45) is 3.03. The zero-order chi connectivity index (χ0) is 16.8. The smallest absolute Gasteiger partial charge is 0.259 e. The SMILES string of the molecule is C=C1CCC(n2ccc3ccc(C(C)(C)C)cc3c2=O)C(=O)N1. The third-order valence-corrected chi connectivity index (χ3v) is 4.46. The van der Waals surface area contributed by atoms with Crippen molar-refractivity contribution in [2.45, 2.75) is 45.1 Å². The van der Waals surface area contributed by atoms with Crippen molar-refractivity contribution in [2.75, 3.05) is 0 Å². The van der Waals surface area contributed by atoms with Crippen LogP contribution in [0, 0.1) is 0 Å². The van der Waals surface area contributed by atoms with Crippen LogP contribution < -0.4 is 10.9 Å². The van der Waals surface area contributed by atoms with E-state index < -0.39 is 6.04 Å². The van der Waals surface area contributed by atoms with Gasteiger partial charge in [-0.15, -0.1) is 0 Å². The van der Waals surface area contributed by atoms with Gasteiger partial charge in [0.2, 0.25) is 5.91 Å². The van der Waals surface area contributed by atoms with E-state index in [0.29, 0.717) is 18.2 Å². The van der Waals surface area contributed by atoms with Gasteiger partial charge in [-0.25, -0.2) is 0 Å². The molecule has 3 rings (SSSR count). The van der Waals surface area contributed by atoms with Crippen LogP contribution >= 0.6 is 0 Å². The van der Waals surface area contributed by atoms with Crippen LogP contribution in [0.4, 0.5) is 0 Å². The predicted molar refractivity (Wildman–Crippen MR) is 92.5 cm³/mol. The molecule has 1 amide bonds. The molecule has 1 aromatic carbocycles. The summed E-state index contributed by atoms with van der Waals surface area (Å²) in [6, 6.07) is 7.43. The number of rotatable bonds is 1. The highest BCUT2D eigenvalue weighted by molar-refractivity contribution is 5.85. The maximum atomic E-state index is 12.9. The number of benzene rings is 1. The third-order valence-electron chi connectivity index (χ3n) is 4.46. The summed E-state index contributed by atoms with van der Waals surface area (Å²) in [5.41, 5.74) is 1.69. The van der Waals surface area contributed by atoms with Crippen molar-refractivity contribution < 1.29 is 4.79 Å². The van der Waals surface area contributed by atoms with Crippen LogP contribution in [-0.4, -0.2) is 10.5 Å². The Morgan fingerprint density at radius 3 is 2.61 bits per heavy atom. The summed E-state index contributed by atoms with van der Waals surface area (Å²) >= 11 is 0. The van der Waals surface area contributed by atoms with E-state index in [1.807, 2.05) is 18.2 Å². The average molecular weight is 310 g/mol. The van der Waals surface area contributed by atoms with Gasteiger partial charge in [-0.3, -0.25) is 9.59 Å². The standard InChI is InChI=1S/C19H22N2O2/c1-12-5-8-16(17(22)20-12)21-10-9-13-6-7-14(19(2,3)4)11-15(13)18(21)23/h6-7,9-11,16H,1,5,8H2,2-4H3,(H,20,22). The van der Waals surface area contributed by atoms with Gasteiger partial charge in [-0.1, -0.05) is 39.5 Å². The van der Waals surface area contributed by atoms with Crippen molar-refractivity contribution in [2.24, 2.45) is 0 Å². The lowest BCUT2D eigenvalue weighted by Crippen LogP contribution is -2.40. The summed E-state index contributed by atoms with van der Waals surface area (Å²) in [7, 11) is 0. The monoisotopic (exact) mass is 310 g/mol. The molecule has 1 aromatic heterocycles. The number of pyridine rings is 1. The van der Waals surface area contributed by atoms with Crippen LogP contribution in [0.15, 0.2) is 47.5 Å². The highest BCUT2D eigenvalue weighted by atomic mass is 16.2. The molecular weight excluding hydrogens is 288 g/mol. The first kappa shape index (κ1) is 15.5. The lowest BCUT2D eigenvalue weighted by atomic mass is 9.86. The molecule has 1 aliphatic rings. The quantitative estimate of drug-likeness (QED) is 0.879. The first-order chi connectivity index (χ1) is 10.8. The number of carbonyl (C=O) groups is 1. The first-order valence-electron chi connectivity index (χ1n) is 7.91. The number of aromatic nitrogens is 1. The minimum atomic E-state index is -0.462. The number of nitrogens with zero attached hydrogens (tertiary/aromatic N) is 1. The van der Waals surface area contributed by atoms with Gasteiger partial charge in [0.15, 0.2) is 0 Å². The van der Waals surface area contributed by atoms with Gasteiger partial charge >= 0.3 is 0 Å². The van der Waals surface area contributed by atoms with Crippen molar-refractivity contribution in [3.63, 3.8) is 0 Å². The topological polar surface area (TPSA) is 51.1 Å². The molecule has 0 bridgehead atoms. The van der Waals surface area contributed by atoms with Gasteiger partial charge in [-0.05, 0) is 41.3 Å². The Labute approximate surface area is 135 Å². The molecule has 0 saturated carbocycles. The van der Waals surface area contributed by atoms with Crippen molar-refractivity contribution in [1.29, 1.82) is 0 Å². The third kappa shape index (κ3) is 2.81. The molecule has 0 aliphatic carbocycles. The fourth-order valence-corrected chi connectivity index (χ4v) is 2.99. The van der Waals surface area contributed by atoms with Crippen molar-refractivity contribution in [3.05, 3.63) is 58.7 Å². The number of fused-ring (bicyclic) bond motifs is 1. The van der Waals surface area contributed by atoms with E-state index in [1.165, 1.54) is 0 Å². The van der Waals surface area contributed by atoms with E-state index in [4.69, 9.17) is 0 Å². The predicted octanol–water partition coefficient (Wildman–Crippen LogP) is 3.26. The molecule has 0 radical (unpaired) electrons. The Bertz CT molecular complexity index is 856. The molecule has 1 aliphatic heterocycles. The maximum absolute atomic E-state index is 12.9. The summed E-state index contributed by atoms with van der Waals surface area (Å²) in [5.74, 6) is -0.158. The number of piperidine rings is 1. The zero-order valence-electron chi connectivity index (χ0n) is 13.8. The zero-order valence-corrected chi connectivity index (χ0v) is 13.8. The Hall–Kier alpha value is -2.36. The van der Waals surface area contributed by atoms with Crippen LogP contribution in [-0.2, 0) is 10.2 Å². The summed E-state index contributed by atoms with van der Waals surface area (Å²) in [4.78, 5) is 25.1. The van der Waals surface area contributed by atoms with Crippen molar-refractivity contribution in [3.8, 4) is 0 Å². The molecule has 1 atom stereocenters. The molecule has 4 heteroatoms. The Kier molecular flexibility index (Phi) is 3.63. The van der Waals surface area contributed by atoms with E-state index in [1.54, 1.807) is 10.8 Å². The molecule has 4 nitrogen and oxygen atoms in total. The molecule has 1 N–H and O–H groups in total. The normalized spacial score (nSPS) is 19.0. The lowest BCUT2D eigenvalue weighted by Gasteiger charge is -2.25. The number of carbonyl (C=O) groups excluding carboxylic acids is 1. The number of allylic oxidation sites excluding steroid dienone is 1. The highest BCUT2D eigenvalue weighted by Crippen LogP contribution is 2.26. The number of hydrogen-bond donors (Lipinski definition) is 1. The summed E-state index contributed by atoms with van der Waals surface area (Å²) in [5, 5.41) is 4.31. The first-order valence-corrected chi connectivity index (χ1v) is 7.91. The van der Waals surface area contributed by atoms with Crippen molar-refractivity contribution in [1.82, 2.24) is 9.88 Å². The number of hydrogen-bond acceptors (Lipinski definition) is 2. The van der Waals surface area contributed by atoms with Crippen molar-refractivity contribution >= 4 is 16.7 Å². The summed E-state index contributed by atoms with van der Waals surface area (Å²) < 4.78 is 1.55. The number of amides is 1. The van der Waals surface area contributed by atoms with E-state index in [-0.39, 0.29) is 16.9 Å². The fourth-order valence-electron chi connectivity index (χ4n) is 2.99. The van der Waals surface area contributed by atoms with E-state index >= 15 is 0 Å². The summed E-state index contributed by atoms with van der Waals surface area (Å²) in [6.45, 7) is 10.1. The van der Waals surface area contributed by atoms with Gasteiger partial charge in [0.25, 0.3) is 5.56 Å². The minimum absolute atomic E-state index is 0.0265. The molecule has 1 unspecified atom stereocenters. The molecule has 2 heterocycles. The van der Waals surface area contributed by atoms with Crippen LogP contribution in [0.5, 0.6) is 0 Å². The van der Waals surface area contributed by atoms with Crippen LogP contribution in [0.3, 0.4) is 0 Å². The van der Waals surface area contributed by atoms with Gasteiger partial charge in [0.05, 0.1) is 0 Å². The largest absolute Gasteiger partial charge is 0.329 e. The van der Waals surface area contributed by atoms with Crippen LogP contribution in [0.1, 0.15) is 45.2 Å². The second kappa shape index (κ2) is 5.37. The fraction of sp³-hybridized carbons (Fsp3) is 0.368. The van der Waals surface area contributed by atoms with Gasteiger partial charge in [-0.2, -0.15) is 0 Å². The molecule has 1 fully saturated rings. The maximum Gasteiger partial charge on any atom is 0.259 e. The van der Waals surface area contributed by atoms with E-state index in [2.05, 4.69) is 38.7 Å². The highest BCUT2D eigenvalue weighted by Gasteiger charge is 2.26. The van der Waals surface area contributed by atoms with Crippen LogP contribution in [0.2, 0.25) is 0 Å². The van der Waals surface area contributed by atoms with Gasteiger partial charge in [0, 0.05) is 17.3 Å². The molecule has 23 heavy (non-hydrogen) atoms. The second-order valence-corrected chi connectivity index (χ2v) is 7.23. The van der Waals surface area contributed by atoms with Gasteiger partial charge in [0.1, 0.15) is 6.04 Å². The molecule has 120 valence electrons. The Morgan fingerprint density at radius 2 is 1.96 bits per heavy atom. The lowest BCUT2D eigenvalue weighted by molar-refractivity contribution is -0.124. The molecular formula is C19H22N2O2. The average Bonchev–Trinajstić information content (AvgIpc) is 2.47. The van der Waals surface area contributed by atoms with Gasteiger partial charge < -0.3 is 9.88 Å². The Balaban J connectivity index is 2.13. The molecule has 1 saturated heterocycles. The second-order valence-electron chi connectivity index (χ2n) is 7.23. The molecule has 0 spiro atoms. The Morgan fingerprint density at radius 1 is 1.22 bits per heavy atom. The minimum Gasteiger partial charge on any atom is -0.329 e. The van der Waals surface area contributed by atoms with Crippen LogP contribution in [0.25, 0.3) is 10.8 Å². The molecule has 2 aromatic rings.